The molecule has 0 aliphatic carbocycles. The number of anilines is 1. The highest BCUT2D eigenvalue weighted by Crippen LogP contribution is 2.49. The van der Waals surface area contributed by atoms with E-state index in [0.29, 0.717) is 18.5 Å². The number of sulfonamides is 1. The van der Waals surface area contributed by atoms with Crippen molar-refractivity contribution in [3.05, 3.63) is 74.3 Å². The molecule has 0 atom stereocenters. The van der Waals surface area contributed by atoms with Gasteiger partial charge in [0, 0.05) is 77.8 Å². The quantitative estimate of drug-likeness (QED) is 0.0826. The van der Waals surface area contributed by atoms with Crippen molar-refractivity contribution in [1.82, 2.24) is 9.30 Å². The van der Waals surface area contributed by atoms with Crippen LogP contribution in [0.15, 0.2) is 45.1 Å². The Hall–Kier alpha value is -3.45. The van der Waals surface area contributed by atoms with Crippen LogP contribution in [0.25, 0.3) is 5.57 Å². The zero-order valence-electron chi connectivity index (χ0n) is 28.0. The van der Waals surface area contributed by atoms with Crippen LogP contribution in [-0.4, -0.2) is 65.8 Å². The predicted octanol–water partition coefficient (Wildman–Crippen LogP) is 3.92. The molecule has 3 aromatic rings. The van der Waals surface area contributed by atoms with Crippen molar-refractivity contribution in [3.63, 3.8) is 0 Å². The van der Waals surface area contributed by atoms with Gasteiger partial charge in [-0.05, 0) is 93.4 Å². The number of isothiocyanates is 1. The van der Waals surface area contributed by atoms with Crippen LogP contribution >= 0.6 is 12.2 Å². The van der Waals surface area contributed by atoms with Crippen molar-refractivity contribution in [2.75, 3.05) is 44.2 Å². The molecule has 0 amide bonds. The molecule has 10 nitrogen and oxygen atoms in total. The second-order valence-corrected chi connectivity index (χ2v) is 17.2. The van der Waals surface area contributed by atoms with Gasteiger partial charge in [0.15, 0.2) is 0 Å². The zero-order valence-corrected chi connectivity index (χ0v) is 30.4. The summed E-state index contributed by atoms with van der Waals surface area (Å²) in [6.07, 6.45) is 9.64. The summed E-state index contributed by atoms with van der Waals surface area (Å²) < 4.78 is 76.2. The van der Waals surface area contributed by atoms with Gasteiger partial charge in [0.2, 0.25) is 15.4 Å². The molecule has 0 radical (unpaired) electrons. The monoisotopic (exact) mass is 733 g/mol. The first kappa shape index (κ1) is 33.7. The minimum atomic E-state index is -4.87. The predicted molar refractivity (Wildman–Crippen MR) is 195 cm³/mol. The van der Waals surface area contributed by atoms with Gasteiger partial charge in [-0.2, -0.15) is 8.42 Å². The third-order valence-corrected chi connectivity index (χ3v) is 13.3. The molecular formula is C37H41N4O6S3+. The van der Waals surface area contributed by atoms with Crippen LogP contribution in [0.1, 0.15) is 78.3 Å². The van der Waals surface area contributed by atoms with Crippen molar-refractivity contribution >= 4 is 48.8 Å². The zero-order chi connectivity index (χ0) is 34.6. The summed E-state index contributed by atoms with van der Waals surface area (Å²) in [5.41, 5.74) is 7.69. The lowest BCUT2D eigenvalue weighted by atomic mass is 9.82. The fraction of sp³-hybridized carbons (Fsp3) is 0.459. The lowest BCUT2D eigenvalue weighted by molar-refractivity contribution is 0.431. The molecule has 50 heavy (non-hydrogen) atoms. The number of nitrogens with one attached hydrogen (secondary N) is 1. The lowest BCUT2D eigenvalue weighted by Crippen LogP contribution is -2.45. The number of thiocarbonyl (C=S) groups is 1. The number of benzene rings is 3. The Labute approximate surface area is 298 Å². The molecule has 5 heterocycles. The molecule has 2 N–H and O–H groups in total. The minimum absolute atomic E-state index is 0.178. The van der Waals surface area contributed by atoms with E-state index < -0.39 is 25.0 Å². The number of aliphatic imine (C=N–C) groups is 1. The second-order valence-electron chi connectivity index (χ2n) is 13.9. The standard InChI is InChI=1S/C37H40N4O6S3/c42-49(43,39-15-3-1-2-14-38-23-48)26-12-13-27(32(22-26)50(44,45)46)33-30-20-24-8-4-16-40-18-6-10-28(34(24)40)36(30)47-37-29-11-7-19-41-17-5-9-25(35(29)41)21-31(33)37/h12-13,20-22,39H,1-11,14-19H2/p+1. The summed E-state index contributed by atoms with van der Waals surface area (Å²) in [7, 11) is -8.94. The first-order valence-corrected chi connectivity index (χ1v) is 21.1. The van der Waals surface area contributed by atoms with E-state index in [-0.39, 0.29) is 17.0 Å². The number of aryl methyl sites for hydroxylation is 2. The highest BCUT2D eigenvalue weighted by atomic mass is 32.2. The van der Waals surface area contributed by atoms with Crippen LogP contribution in [-0.2, 0) is 45.8 Å². The van der Waals surface area contributed by atoms with Gasteiger partial charge in [-0.3, -0.25) is 4.55 Å². The van der Waals surface area contributed by atoms with E-state index >= 15 is 0 Å². The first-order chi connectivity index (χ1) is 24.2. The van der Waals surface area contributed by atoms with Gasteiger partial charge in [0.25, 0.3) is 10.1 Å². The van der Waals surface area contributed by atoms with Gasteiger partial charge in [-0.25, -0.2) is 22.7 Å². The summed E-state index contributed by atoms with van der Waals surface area (Å²) in [6.45, 7) is 4.71. The van der Waals surface area contributed by atoms with Crippen molar-refractivity contribution in [2.24, 2.45) is 4.99 Å². The van der Waals surface area contributed by atoms with Crippen LogP contribution in [0, 0.1) is 0 Å². The Morgan fingerprint density at radius 1 is 0.880 bits per heavy atom. The molecule has 0 saturated carbocycles. The fourth-order valence-corrected chi connectivity index (χ4v) is 10.7. The maximum atomic E-state index is 13.4. The van der Waals surface area contributed by atoms with Crippen molar-refractivity contribution < 1.29 is 26.1 Å². The second kappa shape index (κ2) is 13.3. The number of nitrogens with zero attached hydrogens (tertiary/aromatic N) is 3. The Morgan fingerprint density at radius 2 is 1.64 bits per heavy atom. The highest BCUT2D eigenvalue weighted by Gasteiger charge is 2.37. The van der Waals surface area contributed by atoms with Gasteiger partial charge in [0.05, 0.1) is 15.6 Å². The topological polar surface area (TPSA) is 128 Å². The van der Waals surface area contributed by atoms with E-state index in [1.807, 2.05) is 0 Å². The maximum Gasteiger partial charge on any atom is 0.295 e. The summed E-state index contributed by atoms with van der Waals surface area (Å²) in [6, 6.07) is 8.39. The van der Waals surface area contributed by atoms with Crippen molar-refractivity contribution in [3.8, 4) is 11.5 Å². The molecule has 5 aliphatic heterocycles. The molecule has 0 bridgehead atoms. The van der Waals surface area contributed by atoms with Crippen LogP contribution in [0.3, 0.4) is 0 Å². The Bertz CT molecular complexity index is 2330. The number of hydrogen-bond acceptors (Lipinski definition) is 8. The molecule has 0 spiro atoms. The van der Waals surface area contributed by atoms with Crippen LogP contribution in [0.5, 0.6) is 11.5 Å². The number of hydrogen-bond donors (Lipinski definition) is 2. The van der Waals surface area contributed by atoms with Gasteiger partial charge in [-0.1, -0.05) is 12.5 Å². The van der Waals surface area contributed by atoms with Gasteiger partial charge in [-0.15, -0.1) is 0 Å². The molecule has 8 rings (SSSR count). The largest absolute Gasteiger partial charge is 0.455 e. The highest BCUT2D eigenvalue weighted by molar-refractivity contribution is 7.89. The Kier molecular flexibility index (Phi) is 8.94. The van der Waals surface area contributed by atoms with E-state index in [0.717, 1.165) is 130 Å². The Balaban J connectivity index is 1.33. The number of ether oxygens (including phenoxy) is 1. The molecule has 3 aromatic carbocycles. The normalized spacial score (nSPS) is 17.6. The van der Waals surface area contributed by atoms with Crippen LogP contribution in [0.2, 0.25) is 0 Å². The average Bonchev–Trinajstić information content (AvgIpc) is 3.10. The minimum Gasteiger partial charge on any atom is -0.455 e. The molecule has 13 heteroatoms. The third kappa shape index (κ3) is 5.91. The summed E-state index contributed by atoms with van der Waals surface area (Å²) >= 11 is 4.58. The summed E-state index contributed by atoms with van der Waals surface area (Å²) in [5.74, 6) is 1.50. The van der Waals surface area contributed by atoms with Crippen LogP contribution < -0.4 is 29.5 Å². The SMILES string of the molecule is O=S(=O)(O)c1cc(S(=O)(=O)NCCCCCN=C=S)ccc1C1=c2cc3c4c(c2Oc2c1cc1c5c2CCCN5CCC1)CCC[N+]=4CCC3. The van der Waals surface area contributed by atoms with E-state index in [1.54, 1.807) is 6.07 Å². The molecule has 262 valence electrons. The van der Waals surface area contributed by atoms with E-state index in [2.05, 4.69) is 48.7 Å². The van der Waals surface area contributed by atoms with Crippen molar-refractivity contribution in [1.29, 1.82) is 0 Å². The van der Waals surface area contributed by atoms with Gasteiger partial charge >= 0.3 is 0 Å². The Morgan fingerprint density at radius 3 is 2.44 bits per heavy atom. The molecular weight excluding hydrogens is 693 g/mol. The maximum absolute atomic E-state index is 13.4. The molecule has 0 aromatic heterocycles. The first-order valence-electron chi connectivity index (χ1n) is 17.7. The van der Waals surface area contributed by atoms with Gasteiger partial charge < -0.3 is 9.64 Å². The van der Waals surface area contributed by atoms with E-state index in [9.17, 15) is 21.4 Å². The molecule has 5 aliphatic rings. The molecule has 0 fully saturated rings. The molecule has 0 saturated heterocycles. The summed E-state index contributed by atoms with van der Waals surface area (Å²) in [5, 5.41) is 4.36. The number of fused-ring (bicyclic) bond motifs is 4. The van der Waals surface area contributed by atoms with Crippen molar-refractivity contribution in [2.45, 2.75) is 80.4 Å². The number of unbranched alkanes of at least 4 members (excludes halogenated alkanes) is 2. The smallest absolute Gasteiger partial charge is 0.295 e. The summed E-state index contributed by atoms with van der Waals surface area (Å²) in [4.78, 5) is 5.68. The fourth-order valence-electron chi connectivity index (χ4n) is 8.72. The lowest BCUT2D eigenvalue weighted by Gasteiger charge is -2.39. The average molecular weight is 734 g/mol. The van der Waals surface area contributed by atoms with Gasteiger partial charge in [0.1, 0.15) is 29.5 Å². The molecule has 0 unspecified atom stereocenters. The van der Waals surface area contributed by atoms with E-state index in [1.165, 1.54) is 28.2 Å². The third-order valence-electron chi connectivity index (χ3n) is 10.8. The van der Waals surface area contributed by atoms with Crippen LogP contribution in [0.4, 0.5) is 5.69 Å². The number of rotatable bonds is 10. The van der Waals surface area contributed by atoms with E-state index in [4.69, 9.17) is 4.74 Å².